The van der Waals surface area contributed by atoms with E-state index in [1.807, 2.05) is 0 Å². The van der Waals surface area contributed by atoms with E-state index in [4.69, 9.17) is 0 Å². The Kier molecular flexibility index (Phi) is 4.70. The second-order valence-electron chi connectivity index (χ2n) is 11.2. The molecule has 0 radical (unpaired) electrons. The van der Waals surface area contributed by atoms with E-state index in [1.54, 1.807) is 6.42 Å². The van der Waals surface area contributed by atoms with Gasteiger partial charge in [0.2, 0.25) is 0 Å². The summed E-state index contributed by atoms with van der Waals surface area (Å²) in [6, 6.07) is 0. The van der Waals surface area contributed by atoms with Crippen LogP contribution in [0.3, 0.4) is 0 Å². The molecule has 0 aromatic carbocycles. The molecule has 6 bridgehead atoms. The summed E-state index contributed by atoms with van der Waals surface area (Å²) < 4.78 is 0. The zero-order chi connectivity index (χ0) is 17.7. The van der Waals surface area contributed by atoms with E-state index in [1.165, 1.54) is 51.4 Å². The summed E-state index contributed by atoms with van der Waals surface area (Å²) in [7, 11) is 0. The normalized spacial score (nSPS) is 45.3. The van der Waals surface area contributed by atoms with Crippen LogP contribution in [0, 0.1) is 46.3 Å². The van der Waals surface area contributed by atoms with Gasteiger partial charge in [0.15, 0.2) is 0 Å². The van der Waals surface area contributed by atoms with Crippen LogP contribution in [-0.4, -0.2) is 0 Å². The molecule has 0 aliphatic heterocycles. The quantitative estimate of drug-likeness (QED) is 0.403. The Labute approximate surface area is 156 Å². The minimum Gasteiger partial charge on any atom is -0.0880 e. The van der Waals surface area contributed by atoms with Gasteiger partial charge in [-0.05, 0) is 97.7 Å². The molecule has 0 heteroatoms. The van der Waals surface area contributed by atoms with Gasteiger partial charge < -0.3 is 0 Å². The molecule has 9 aliphatic rings. The fourth-order valence-corrected chi connectivity index (χ4v) is 6.50. The molecule has 0 unspecified atom stereocenters. The highest BCUT2D eigenvalue weighted by Crippen LogP contribution is 2.59. The minimum absolute atomic E-state index is 0.648. The van der Waals surface area contributed by atoms with Crippen molar-refractivity contribution in [3.8, 4) is 0 Å². The van der Waals surface area contributed by atoms with Crippen molar-refractivity contribution in [2.75, 3.05) is 0 Å². The van der Waals surface area contributed by atoms with Gasteiger partial charge >= 0.3 is 0 Å². The lowest BCUT2D eigenvalue weighted by Gasteiger charge is -2.56. The van der Waals surface area contributed by atoms with Crippen LogP contribution in [0.2, 0.25) is 0 Å². The second-order valence-corrected chi connectivity index (χ2v) is 11.2. The van der Waals surface area contributed by atoms with Crippen LogP contribution < -0.4 is 0 Å². The van der Waals surface area contributed by atoms with Gasteiger partial charge in [0.05, 0.1) is 0 Å². The summed E-state index contributed by atoms with van der Waals surface area (Å²) in [5.74, 6) is 6.20. The van der Waals surface area contributed by atoms with E-state index in [2.05, 4.69) is 52.0 Å². The Hall–Kier alpha value is -0.520. The highest BCUT2D eigenvalue weighted by Gasteiger charge is 2.49. The predicted octanol–water partition coefficient (Wildman–Crippen LogP) is 7.41. The molecular weight excluding hydrogens is 300 g/mol. The lowest BCUT2D eigenvalue weighted by Crippen LogP contribution is -2.47. The molecule has 4 atom stereocenters. The second kappa shape index (κ2) is 6.58. The number of hydrogen-bond acceptors (Lipinski definition) is 0. The Morgan fingerprint density at radius 3 is 1.56 bits per heavy atom. The molecule has 0 amide bonds. The Balaban J connectivity index is 0.0000000949. The van der Waals surface area contributed by atoms with Gasteiger partial charge in [-0.25, -0.2) is 0 Å². The SMILES string of the molecule is C1=CC2CC(C1)C2.CC1(C)[C@@H]2CC=C[C@H]1C2.CC1(C)[C@@H]2CCC[C@H]1C2. The number of fused-ring (bicyclic) bond motifs is 4. The maximum absolute atomic E-state index is 2.45. The highest BCUT2D eigenvalue weighted by molar-refractivity contribution is 5.13. The molecule has 9 rings (SSSR count). The molecule has 140 valence electrons. The van der Waals surface area contributed by atoms with Gasteiger partial charge in [0.25, 0.3) is 0 Å². The van der Waals surface area contributed by atoms with Crippen LogP contribution in [0.5, 0.6) is 0 Å². The minimum atomic E-state index is 0.648. The zero-order valence-corrected chi connectivity index (χ0v) is 17.1. The van der Waals surface area contributed by atoms with Crippen molar-refractivity contribution in [2.24, 2.45) is 46.3 Å². The van der Waals surface area contributed by atoms with Crippen LogP contribution in [-0.2, 0) is 0 Å². The van der Waals surface area contributed by atoms with Gasteiger partial charge in [-0.15, -0.1) is 0 Å². The molecule has 0 aromatic rings. The first-order chi connectivity index (χ1) is 11.9. The fourth-order valence-electron chi connectivity index (χ4n) is 6.50. The van der Waals surface area contributed by atoms with E-state index in [0.29, 0.717) is 5.41 Å². The van der Waals surface area contributed by atoms with Crippen LogP contribution in [0.1, 0.15) is 85.5 Å². The lowest BCUT2D eigenvalue weighted by molar-refractivity contribution is -0.0646. The Morgan fingerprint density at radius 2 is 1.36 bits per heavy atom. The van der Waals surface area contributed by atoms with Crippen molar-refractivity contribution < 1.29 is 0 Å². The average Bonchev–Trinajstić information content (AvgIpc) is 2.64. The highest BCUT2D eigenvalue weighted by atomic mass is 14.5. The summed E-state index contributed by atoms with van der Waals surface area (Å²) in [5, 5.41) is 0. The molecule has 25 heavy (non-hydrogen) atoms. The molecule has 5 fully saturated rings. The van der Waals surface area contributed by atoms with E-state index in [9.17, 15) is 0 Å². The smallest absolute Gasteiger partial charge is 0.0176 e. The van der Waals surface area contributed by atoms with Crippen LogP contribution in [0.15, 0.2) is 24.3 Å². The molecule has 0 saturated heterocycles. The van der Waals surface area contributed by atoms with E-state index in [0.717, 1.165) is 40.9 Å². The molecule has 0 heterocycles. The standard InChI is InChI=1S/C9H16.C9H14.C7H10/c2*1-9(2)7-4-3-5-8(9)6-7;1-2-6-4-7(3-1)5-6/h7-8H,3-6H2,1-2H3;3-4,7-8H,5-6H2,1-2H3;1-2,6-7H,3-5H2/t2*7-,8+;/m.0./s1. The van der Waals surface area contributed by atoms with E-state index >= 15 is 0 Å². The van der Waals surface area contributed by atoms with Gasteiger partial charge in [0, 0.05) is 0 Å². The third kappa shape index (κ3) is 3.28. The summed E-state index contributed by atoms with van der Waals surface area (Å²) in [6.07, 6.45) is 22.7. The van der Waals surface area contributed by atoms with Crippen molar-refractivity contribution in [1.29, 1.82) is 0 Å². The Morgan fingerprint density at radius 1 is 0.680 bits per heavy atom. The molecule has 0 N–H and O–H groups in total. The van der Waals surface area contributed by atoms with Gasteiger partial charge in [-0.1, -0.05) is 58.4 Å². The van der Waals surface area contributed by atoms with Crippen molar-refractivity contribution in [1.82, 2.24) is 0 Å². The van der Waals surface area contributed by atoms with E-state index in [-0.39, 0.29) is 0 Å². The molecule has 0 aromatic heterocycles. The van der Waals surface area contributed by atoms with Crippen molar-refractivity contribution in [3.63, 3.8) is 0 Å². The van der Waals surface area contributed by atoms with Crippen molar-refractivity contribution in [3.05, 3.63) is 24.3 Å². The Bertz CT molecular complexity index is 512. The fraction of sp³-hybridized carbons (Fsp3) is 0.840. The maximum Gasteiger partial charge on any atom is -0.0176 e. The van der Waals surface area contributed by atoms with Crippen molar-refractivity contribution >= 4 is 0 Å². The monoisotopic (exact) mass is 340 g/mol. The molecular formula is C25H40. The number of hydrogen-bond donors (Lipinski definition) is 0. The van der Waals surface area contributed by atoms with Gasteiger partial charge in [-0.3, -0.25) is 0 Å². The molecule has 9 aliphatic carbocycles. The summed E-state index contributed by atoms with van der Waals surface area (Å²) in [4.78, 5) is 0. The third-order valence-corrected chi connectivity index (χ3v) is 9.26. The number of rotatable bonds is 0. The topological polar surface area (TPSA) is 0 Å². The predicted molar refractivity (Wildman–Crippen MR) is 108 cm³/mol. The van der Waals surface area contributed by atoms with Crippen LogP contribution in [0.4, 0.5) is 0 Å². The number of allylic oxidation sites excluding steroid dienone is 4. The molecule has 0 nitrogen and oxygen atoms in total. The first-order valence-corrected chi connectivity index (χ1v) is 11.2. The molecule has 0 spiro atoms. The maximum atomic E-state index is 2.45. The van der Waals surface area contributed by atoms with Crippen LogP contribution in [0.25, 0.3) is 0 Å². The average molecular weight is 341 g/mol. The van der Waals surface area contributed by atoms with Crippen LogP contribution >= 0.6 is 0 Å². The first kappa shape index (κ1) is 17.9. The molecule has 5 saturated carbocycles. The summed E-state index contributed by atoms with van der Waals surface area (Å²) in [6.45, 7) is 9.70. The van der Waals surface area contributed by atoms with E-state index < -0.39 is 0 Å². The lowest BCUT2D eigenvalue weighted by atomic mass is 9.49. The largest absolute Gasteiger partial charge is 0.0880 e. The zero-order valence-electron chi connectivity index (χ0n) is 17.1. The summed E-state index contributed by atoms with van der Waals surface area (Å²) >= 11 is 0. The van der Waals surface area contributed by atoms with Gasteiger partial charge in [-0.2, -0.15) is 0 Å². The van der Waals surface area contributed by atoms with Crippen molar-refractivity contribution in [2.45, 2.75) is 85.5 Å². The van der Waals surface area contributed by atoms with Gasteiger partial charge in [0.1, 0.15) is 0 Å². The third-order valence-electron chi connectivity index (χ3n) is 9.26. The first-order valence-electron chi connectivity index (χ1n) is 11.2. The summed E-state index contributed by atoms with van der Waals surface area (Å²) in [5.41, 5.74) is 1.38.